The number of nitrogens with one attached hydrogen (secondary N) is 1. The molecule has 0 aliphatic heterocycles. The molecule has 1 amide bonds. The Kier molecular flexibility index (Phi) is 7.81. The van der Waals surface area contributed by atoms with Crippen molar-refractivity contribution in [3.8, 4) is 0 Å². The molecule has 1 N–H and O–H groups in total. The second-order valence-corrected chi connectivity index (χ2v) is 14.0. The van der Waals surface area contributed by atoms with Gasteiger partial charge in [0.05, 0.1) is 12.6 Å². The number of amides is 1. The lowest BCUT2D eigenvalue weighted by Crippen LogP contribution is -2.40. The number of hydrogen-bond acceptors (Lipinski definition) is 3. The Hall–Kier alpha value is -1.66. The summed E-state index contributed by atoms with van der Waals surface area (Å²) < 4.78 is 24.7. The van der Waals surface area contributed by atoms with E-state index < -0.39 is 26.1 Å². The Morgan fingerprint density at radius 3 is 2.19 bits per heavy atom. The molecule has 0 bridgehead atoms. The molecule has 1 aromatic rings. The van der Waals surface area contributed by atoms with Gasteiger partial charge in [-0.3, -0.25) is 0 Å². The molecule has 0 spiro atoms. The molecular formula is C21H34FNO3Si. The highest BCUT2D eigenvalue weighted by atomic mass is 28.4. The normalized spacial score (nSPS) is 14.3. The number of hydrogen-bond donors (Lipinski definition) is 1. The van der Waals surface area contributed by atoms with Crippen LogP contribution in [0.15, 0.2) is 36.4 Å². The van der Waals surface area contributed by atoms with Crippen molar-refractivity contribution in [3.63, 3.8) is 0 Å². The van der Waals surface area contributed by atoms with Crippen molar-refractivity contribution in [3.05, 3.63) is 47.8 Å². The maximum absolute atomic E-state index is 13.2. The minimum Gasteiger partial charge on any atom is -0.444 e. The van der Waals surface area contributed by atoms with E-state index in [1.54, 1.807) is 12.1 Å². The molecule has 1 rings (SSSR count). The summed E-state index contributed by atoms with van der Waals surface area (Å²) in [7, 11) is -1.84. The third-order valence-electron chi connectivity index (χ3n) is 4.58. The van der Waals surface area contributed by atoms with Gasteiger partial charge in [-0.2, -0.15) is 0 Å². The fourth-order valence-electron chi connectivity index (χ4n) is 2.01. The lowest BCUT2D eigenvalue weighted by molar-refractivity contribution is 0.0513. The van der Waals surface area contributed by atoms with Crippen molar-refractivity contribution in [2.75, 3.05) is 6.61 Å². The van der Waals surface area contributed by atoms with Crippen LogP contribution in [-0.4, -0.2) is 26.6 Å². The maximum atomic E-state index is 13.2. The number of carbonyl (C=O) groups excluding carboxylic acids is 1. The van der Waals surface area contributed by atoms with Gasteiger partial charge >= 0.3 is 6.09 Å². The summed E-state index contributed by atoms with van der Waals surface area (Å²) in [6.07, 6.45) is 3.22. The first kappa shape index (κ1) is 23.4. The lowest BCUT2D eigenvalue weighted by atomic mass is 10.1. The van der Waals surface area contributed by atoms with Crippen LogP contribution < -0.4 is 5.32 Å². The first-order valence-electron chi connectivity index (χ1n) is 9.27. The van der Waals surface area contributed by atoms with E-state index in [0.29, 0.717) is 6.61 Å². The van der Waals surface area contributed by atoms with E-state index in [4.69, 9.17) is 9.16 Å². The van der Waals surface area contributed by atoms with E-state index in [2.05, 4.69) is 39.2 Å². The van der Waals surface area contributed by atoms with Gasteiger partial charge in [0.1, 0.15) is 11.4 Å². The van der Waals surface area contributed by atoms with Crippen LogP contribution in [0.5, 0.6) is 0 Å². The summed E-state index contributed by atoms with van der Waals surface area (Å²) in [5.41, 5.74) is 0.179. The van der Waals surface area contributed by atoms with Gasteiger partial charge in [0.15, 0.2) is 8.32 Å². The number of halogens is 1. The van der Waals surface area contributed by atoms with Gasteiger partial charge in [-0.25, -0.2) is 9.18 Å². The highest BCUT2D eigenvalue weighted by molar-refractivity contribution is 6.74. The van der Waals surface area contributed by atoms with Crippen molar-refractivity contribution >= 4 is 14.4 Å². The fraction of sp³-hybridized carbons (Fsp3) is 0.571. The van der Waals surface area contributed by atoms with E-state index >= 15 is 0 Å². The molecule has 0 fully saturated rings. The molecule has 152 valence electrons. The number of ether oxygens (including phenoxy) is 1. The molecule has 6 heteroatoms. The highest BCUT2D eigenvalue weighted by Crippen LogP contribution is 2.36. The second-order valence-electron chi connectivity index (χ2n) is 9.17. The van der Waals surface area contributed by atoms with Crippen molar-refractivity contribution in [1.29, 1.82) is 0 Å². The van der Waals surface area contributed by atoms with Gasteiger partial charge < -0.3 is 14.5 Å². The van der Waals surface area contributed by atoms with Gasteiger partial charge in [0.2, 0.25) is 0 Å². The minimum atomic E-state index is -1.84. The lowest BCUT2D eigenvalue weighted by Gasteiger charge is -2.35. The SMILES string of the molecule is CC(C)(C)OC(=O)N[C@H](/C=C/CO[Si](C)(C)C(C)(C)C)c1ccc(F)cc1. The summed E-state index contributed by atoms with van der Waals surface area (Å²) in [4.78, 5) is 12.2. The van der Waals surface area contributed by atoms with Gasteiger partial charge in [-0.15, -0.1) is 0 Å². The Morgan fingerprint density at radius 1 is 1.15 bits per heavy atom. The minimum absolute atomic E-state index is 0.131. The van der Waals surface area contributed by atoms with E-state index in [-0.39, 0.29) is 10.9 Å². The molecule has 0 aliphatic rings. The Bertz CT molecular complexity index is 643. The fourth-order valence-corrected chi connectivity index (χ4v) is 2.96. The van der Waals surface area contributed by atoms with E-state index in [9.17, 15) is 9.18 Å². The molecule has 0 radical (unpaired) electrons. The van der Waals surface area contributed by atoms with E-state index in [1.165, 1.54) is 12.1 Å². The van der Waals surface area contributed by atoms with E-state index in [1.807, 2.05) is 32.9 Å². The van der Waals surface area contributed by atoms with E-state index in [0.717, 1.165) is 5.56 Å². The maximum Gasteiger partial charge on any atom is 0.408 e. The molecule has 27 heavy (non-hydrogen) atoms. The van der Waals surface area contributed by atoms with Crippen LogP contribution in [0, 0.1) is 5.82 Å². The number of rotatable bonds is 6. The third-order valence-corrected chi connectivity index (χ3v) is 9.08. The van der Waals surface area contributed by atoms with Crippen LogP contribution in [0.25, 0.3) is 0 Å². The topological polar surface area (TPSA) is 47.6 Å². The molecule has 0 aromatic heterocycles. The number of carbonyl (C=O) groups is 1. The number of alkyl carbamates (subject to hydrolysis) is 1. The molecule has 1 aromatic carbocycles. The summed E-state index contributed by atoms with van der Waals surface area (Å²) in [6, 6.07) is 5.62. The predicted molar refractivity (Wildman–Crippen MR) is 111 cm³/mol. The highest BCUT2D eigenvalue weighted by Gasteiger charge is 2.36. The van der Waals surface area contributed by atoms with Crippen LogP contribution in [-0.2, 0) is 9.16 Å². The van der Waals surface area contributed by atoms with Crippen molar-refractivity contribution < 1.29 is 18.3 Å². The van der Waals surface area contributed by atoms with Gasteiger partial charge in [0.25, 0.3) is 0 Å². The largest absolute Gasteiger partial charge is 0.444 e. The zero-order valence-electron chi connectivity index (χ0n) is 17.9. The Balaban J connectivity index is 2.85. The van der Waals surface area contributed by atoms with Crippen LogP contribution in [0.2, 0.25) is 18.1 Å². The van der Waals surface area contributed by atoms with Crippen LogP contribution >= 0.6 is 0 Å². The van der Waals surface area contributed by atoms with Gasteiger partial charge in [-0.05, 0) is 56.6 Å². The van der Waals surface area contributed by atoms with Gasteiger partial charge in [-0.1, -0.05) is 45.1 Å². The molecule has 0 unspecified atom stereocenters. The van der Waals surface area contributed by atoms with Crippen LogP contribution in [0.3, 0.4) is 0 Å². The summed E-state index contributed by atoms with van der Waals surface area (Å²) >= 11 is 0. The second kappa shape index (κ2) is 9.02. The van der Waals surface area contributed by atoms with Crippen molar-refractivity contribution in [2.24, 2.45) is 0 Å². The molecule has 0 heterocycles. The zero-order chi connectivity index (χ0) is 20.9. The zero-order valence-corrected chi connectivity index (χ0v) is 18.9. The summed E-state index contributed by atoms with van der Waals surface area (Å²) in [5, 5.41) is 2.95. The molecule has 0 saturated heterocycles. The summed E-state index contributed by atoms with van der Waals surface area (Å²) in [5.74, 6) is -0.319. The molecule has 1 atom stereocenters. The molecule has 0 aliphatic carbocycles. The Morgan fingerprint density at radius 2 is 1.70 bits per heavy atom. The first-order valence-corrected chi connectivity index (χ1v) is 12.2. The standard InChI is InChI=1S/C21H34FNO3Si/c1-20(2,3)26-19(24)23-18(16-11-13-17(22)14-12-16)10-9-15-25-27(7,8)21(4,5)6/h9-14,18H,15H2,1-8H3,(H,23,24)/b10-9+/t18-/m1/s1. The van der Waals surface area contributed by atoms with Crippen molar-refractivity contribution in [1.82, 2.24) is 5.32 Å². The first-order chi connectivity index (χ1) is 12.2. The molecule has 4 nitrogen and oxygen atoms in total. The van der Waals surface area contributed by atoms with Gasteiger partial charge in [0, 0.05) is 0 Å². The monoisotopic (exact) mass is 395 g/mol. The molecule has 0 saturated carbocycles. The number of benzene rings is 1. The summed E-state index contributed by atoms with van der Waals surface area (Å²) in [6.45, 7) is 16.8. The van der Waals surface area contributed by atoms with Crippen LogP contribution in [0.1, 0.15) is 53.1 Å². The third kappa shape index (κ3) is 8.26. The quantitative estimate of drug-likeness (QED) is 0.477. The van der Waals surface area contributed by atoms with Crippen LogP contribution in [0.4, 0.5) is 9.18 Å². The van der Waals surface area contributed by atoms with Crippen molar-refractivity contribution in [2.45, 2.75) is 71.3 Å². The molecular weight excluding hydrogens is 361 g/mol. The Labute approximate surface area is 164 Å². The average Bonchev–Trinajstić information content (AvgIpc) is 2.48. The predicted octanol–water partition coefficient (Wildman–Crippen LogP) is 5.97. The smallest absolute Gasteiger partial charge is 0.408 e. The average molecular weight is 396 g/mol.